The standard InChI is InChI=1S/C13H11N3O/c1-8-3-2-4-9(5-8)12-15-13(17-16-12)11-6-10(11)7-14/h2-5,10-11H,6H2,1H3. The van der Waals surface area contributed by atoms with Gasteiger partial charge in [0.1, 0.15) is 0 Å². The summed E-state index contributed by atoms with van der Waals surface area (Å²) >= 11 is 0. The third kappa shape index (κ3) is 1.80. The lowest BCUT2D eigenvalue weighted by Crippen LogP contribution is -1.84. The lowest BCUT2D eigenvalue weighted by atomic mass is 10.1. The van der Waals surface area contributed by atoms with Crippen molar-refractivity contribution in [3.8, 4) is 17.5 Å². The Hall–Kier alpha value is -2.15. The molecule has 4 nitrogen and oxygen atoms in total. The van der Waals surface area contributed by atoms with Crippen LogP contribution in [0.3, 0.4) is 0 Å². The van der Waals surface area contributed by atoms with Crippen LogP contribution in [0, 0.1) is 24.2 Å². The van der Waals surface area contributed by atoms with Crippen LogP contribution in [0.5, 0.6) is 0 Å². The maximum absolute atomic E-state index is 8.76. The molecule has 2 aromatic rings. The highest BCUT2D eigenvalue weighted by Crippen LogP contribution is 2.46. The van der Waals surface area contributed by atoms with Crippen LogP contribution in [0.15, 0.2) is 28.8 Å². The molecule has 1 aliphatic carbocycles. The summed E-state index contributed by atoms with van der Waals surface area (Å²) in [5.74, 6) is 1.40. The summed E-state index contributed by atoms with van der Waals surface area (Å²) in [6.45, 7) is 2.02. The van der Waals surface area contributed by atoms with Gasteiger partial charge in [0, 0.05) is 5.56 Å². The Labute approximate surface area is 98.9 Å². The Morgan fingerprint density at radius 3 is 3.06 bits per heavy atom. The van der Waals surface area contributed by atoms with Crippen LogP contribution < -0.4 is 0 Å². The molecule has 84 valence electrons. The average molecular weight is 225 g/mol. The van der Waals surface area contributed by atoms with Gasteiger partial charge in [0.25, 0.3) is 0 Å². The van der Waals surface area contributed by atoms with Crippen LogP contribution in [0.4, 0.5) is 0 Å². The van der Waals surface area contributed by atoms with E-state index in [2.05, 4.69) is 16.2 Å². The van der Waals surface area contributed by atoms with E-state index in [-0.39, 0.29) is 11.8 Å². The van der Waals surface area contributed by atoms with Crippen molar-refractivity contribution in [2.75, 3.05) is 0 Å². The second-order valence-corrected chi connectivity index (χ2v) is 4.40. The summed E-state index contributed by atoms with van der Waals surface area (Å²) in [6.07, 6.45) is 0.839. The van der Waals surface area contributed by atoms with Crippen molar-refractivity contribution >= 4 is 0 Å². The minimum absolute atomic E-state index is 0.0563. The molecule has 3 rings (SSSR count). The van der Waals surface area contributed by atoms with E-state index in [1.54, 1.807) is 0 Å². The fourth-order valence-corrected chi connectivity index (χ4v) is 1.90. The molecule has 0 bridgehead atoms. The Bertz CT molecular complexity index is 597. The van der Waals surface area contributed by atoms with Crippen molar-refractivity contribution in [3.63, 3.8) is 0 Å². The fraction of sp³-hybridized carbons (Fsp3) is 0.308. The molecule has 1 fully saturated rings. The first-order chi connectivity index (χ1) is 8.28. The molecule has 4 heteroatoms. The van der Waals surface area contributed by atoms with Gasteiger partial charge in [-0.3, -0.25) is 0 Å². The van der Waals surface area contributed by atoms with Crippen molar-refractivity contribution in [1.82, 2.24) is 10.1 Å². The molecule has 1 aliphatic rings. The smallest absolute Gasteiger partial charge is 0.231 e. The zero-order chi connectivity index (χ0) is 11.8. The van der Waals surface area contributed by atoms with Gasteiger partial charge in [-0.25, -0.2) is 0 Å². The lowest BCUT2D eigenvalue weighted by molar-refractivity contribution is 0.378. The zero-order valence-electron chi connectivity index (χ0n) is 9.42. The van der Waals surface area contributed by atoms with E-state index in [4.69, 9.17) is 9.78 Å². The second kappa shape index (κ2) is 3.70. The maximum Gasteiger partial charge on any atom is 0.231 e. The minimum atomic E-state index is 0.0563. The van der Waals surface area contributed by atoms with Crippen LogP contribution in [0.1, 0.15) is 23.8 Å². The molecule has 17 heavy (non-hydrogen) atoms. The van der Waals surface area contributed by atoms with Gasteiger partial charge in [-0.15, -0.1) is 0 Å². The lowest BCUT2D eigenvalue weighted by Gasteiger charge is -1.94. The van der Waals surface area contributed by atoms with Gasteiger partial charge in [-0.05, 0) is 19.4 Å². The molecule has 0 amide bonds. The van der Waals surface area contributed by atoms with Crippen molar-refractivity contribution < 1.29 is 4.52 Å². The molecular formula is C13H11N3O. The van der Waals surface area contributed by atoms with Gasteiger partial charge in [-0.1, -0.05) is 28.9 Å². The molecule has 0 spiro atoms. The predicted octanol–water partition coefficient (Wildman–Crippen LogP) is 2.67. The van der Waals surface area contributed by atoms with E-state index >= 15 is 0 Å². The van der Waals surface area contributed by atoms with E-state index in [1.165, 1.54) is 0 Å². The Morgan fingerprint density at radius 1 is 1.47 bits per heavy atom. The predicted molar refractivity (Wildman–Crippen MR) is 60.9 cm³/mol. The van der Waals surface area contributed by atoms with Crippen LogP contribution in [0.25, 0.3) is 11.4 Å². The summed E-state index contributed by atoms with van der Waals surface area (Å²) < 4.78 is 5.20. The Kier molecular flexibility index (Phi) is 2.19. The number of hydrogen-bond acceptors (Lipinski definition) is 4. The highest BCUT2D eigenvalue weighted by atomic mass is 16.5. The van der Waals surface area contributed by atoms with Gasteiger partial charge < -0.3 is 4.52 Å². The van der Waals surface area contributed by atoms with Crippen molar-refractivity contribution in [1.29, 1.82) is 5.26 Å². The summed E-state index contributed by atoms with van der Waals surface area (Å²) in [5, 5.41) is 12.7. The summed E-state index contributed by atoms with van der Waals surface area (Å²) in [4.78, 5) is 4.35. The van der Waals surface area contributed by atoms with E-state index in [0.29, 0.717) is 11.7 Å². The molecule has 0 N–H and O–H groups in total. The first kappa shape index (κ1) is 10.0. The molecule has 1 aromatic heterocycles. The van der Waals surface area contributed by atoms with Gasteiger partial charge in [0.2, 0.25) is 11.7 Å². The van der Waals surface area contributed by atoms with E-state index in [1.807, 2.05) is 31.2 Å². The van der Waals surface area contributed by atoms with E-state index in [0.717, 1.165) is 17.5 Å². The van der Waals surface area contributed by atoms with Gasteiger partial charge in [-0.2, -0.15) is 10.2 Å². The van der Waals surface area contributed by atoms with Crippen molar-refractivity contribution in [2.24, 2.45) is 5.92 Å². The normalized spacial score (nSPS) is 22.1. The maximum atomic E-state index is 8.76. The average Bonchev–Trinajstić information content (AvgIpc) is 2.97. The topological polar surface area (TPSA) is 62.7 Å². The first-order valence-electron chi connectivity index (χ1n) is 5.58. The molecule has 1 heterocycles. The monoisotopic (exact) mass is 225 g/mol. The Morgan fingerprint density at radius 2 is 2.35 bits per heavy atom. The molecule has 1 saturated carbocycles. The summed E-state index contributed by atoms with van der Waals surface area (Å²) in [6, 6.07) is 10.2. The number of aromatic nitrogens is 2. The van der Waals surface area contributed by atoms with Crippen molar-refractivity contribution in [2.45, 2.75) is 19.3 Å². The highest BCUT2D eigenvalue weighted by Gasteiger charge is 2.43. The van der Waals surface area contributed by atoms with Crippen LogP contribution in [-0.4, -0.2) is 10.1 Å². The summed E-state index contributed by atoms with van der Waals surface area (Å²) in [5.41, 5.74) is 2.12. The number of aryl methyl sites for hydroxylation is 1. The third-order valence-corrected chi connectivity index (χ3v) is 2.99. The molecular weight excluding hydrogens is 214 g/mol. The van der Waals surface area contributed by atoms with Gasteiger partial charge in [0.15, 0.2) is 0 Å². The van der Waals surface area contributed by atoms with Gasteiger partial charge in [0.05, 0.1) is 17.9 Å². The quantitative estimate of drug-likeness (QED) is 0.788. The third-order valence-electron chi connectivity index (χ3n) is 2.99. The molecule has 0 radical (unpaired) electrons. The molecule has 0 saturated heterocycles. The fourth-order valence-electron chi connectivity index (χ4n) is 1.90. The number of nitrogens with zero attached hydrogens (tertiary/aromatic N) is 3. The van der Waals surface area contributed by atoms with Crippen LogP contribution in [0.2, 0.25) is 0 Å². The van der Waals surface area contributed by atoms with Crippen molar-refractivity contribution in [3.05, 3.63) is 35.7 Å². The number of hydrogen-bond donors (Lipinski definition) is 0. The highest BCUT2D eigenvalue weighted by molar-refractivity contribution is 5.55. The molecule has 1 aromatic carbocycles. The minimum Gasteiger partial charge on any atom is -0.339 e. The number of benzene rings is 1. The van der Waals surface area contributed by atoms with Crippen LogP contribution in [-0.2, 0) is 0 Å². The van der Waals surface area contributed by atoms with Crippen LogP contribution >= 0.6 is 0 Å². The zero-order valence-corrected chi connectivity index (χ0v) is 9.42. The van der Waals surface area contributed by atoms with E-state index in [9.17, 15) is 0 Å². The Balaban J connectivity index is 1.89. The number of nitriles is 1. The second-order valence-electron chi connectivity index (χ2n) is 4.40. The number of rotatable bonds is 2. The largest absolute Gasteiger partial charge is 0.339 e. The summed E-state index contributed by atoms with van der Waals surface area (Å²) in [7, 11) is 0. The van der Waals surface area contributed by atoms with E-state index < -0.39 is 0 Å². The SMILES string of the molecule is Cc1cccc(-c2noc(C3CC3C#N)n2)c1. The molecule has 2 unspecified atom stereocenters. The first-order valence-corrected chi connectivity index (χ1v) is 5.58. The molecule has 2 atom stereocenters. The molecule has 0 aliphatic heterocycles. The van der Waals surface area contributed by atoms with Gasteiger partial charge >= 0.3 is 0 Å².